The van der Waals surface area contributed by atoms with Crippen LogP contribution in [-0.4, -0.2) is 25.3 Å². The predicted molar refractivity (Wildman–Crippen MR) is 40.1 cm³/mol. The molecule has 0 saturated carbocycles. The lowest BCUT2D eigenvalue weighted by atomic mass is 10.2. The van der Waals surface area contributed by atoms with Crippen molar-refractivity contribution in [2.45, 2.75) is 20.0 Å². The van der Waals surface area contributed by atoms with Gasteiger partial charge in [-0.1, -0.05) is 0 Å². The first-order chi connectivity index (χ1) is 5.24. The van der Waals surface area contributed by atoms with E-state index in [1.54, 1.807) is 19.9 Å². The summed E-state index contributed by atoms with van der Waals surface area (Å²) in [4.78, 5) is 11.0. The molecule has 0 aromatic carbocycles. The van der Waals surface area contributed by atoms with Crippen LogP contribution >= 0.6 is 0 Å². The molecule has 0 aliphatic carbocycles. The average molecular weight is 156 g/mol. The maximum absolute atomic E-state index is 11.0. The van der Waals surface area contributed by atoms with Crippen molar-refractivity contribution < 1.29 is 14.3 Å². The number of esters is 1. The van der Waals surface area contributed by atoms with Gasteiger partial charge in [0.1, 0.15) is 0 Å². The summed E-state index contributed by atoms with van der Waals surface area (Å²) in [6.07, 6.45) is 1.94. The molecular formula is C8H12O3. The minimum absolute atomic E-state index is 0.152. The van der Waals surface area contributed by atoms with Crippen LogP contribution in [0.15, 0.2) is 11.6 Å². The number of ether oxygens (including phenoxy) is 2. The molecule has 1 saturated heterocycles. The monoisotopic (exact) mass is 156 g/mol. The molecule has 1 aliphatic heterocycles. The second kappa shape index (κ2) is 3.53. The SMILES string of the molecule is CCOC(=O)/C(C)=C/C1CO1. The molecule has 1 rings (SSSR count). The first kappa shape index (κ1) is 8.27. The lowest BCUT2D eigenvalue weighted by Crippen LogP contribution is -2.05. The minimum atomic E-state index is -0.247. The summed E-state index contributed by atoms with van der Waals surface area (Å²) in [5, 5.41) is 0. The van der Waals surface area contributed by atoms with Gasteiger partial charge in [-0.15, -0.1) is 0 Å². The van der Waals surface area contributed by atoms with Gasteiger partial charge in [0.2, 0.25) is 0 Å². The number of hydrogen-bond acceptors (Lipinski definition) is 3. The molecule has 1 aliphatic rings. The molecule has 11 heavy (non-hydrogen) atoms. The second-order valence-electron chi connectivity index (χ2n) is 2.44. The van der Waals surface area contributed by atoms with E-state index in [0.717, 1.165) is 6.61 Å². The third-order valence-corrected chi connectivity index (χ3v) is 1.39. The highest BCUT2D eigenvalue weighted by Crippen LogP contribution is 2.13. The Kier molecular flexibility index (Phi) is 2.65. The van der Waals surface area contributed by atoms with Crippen molar-refractivity contribution in [3.8, 4) is 0 Å². The minimum Gasteiger partial charge on any atom is -0.463 e. The van der Waals surface area contributed by atoms with Gasteiger partial charge >= 0.3 is 5.97 Å². The lowest BCUT2D eigenvalue weighted by molar-refractivity contribution is -0.138. The molecule has 0 N–H and O–H groups in total. The third-order valence-electron chi connectivity index (χ3n) is 1.39. The zero-order valence-electron chi connectivity index (χ0n) is 6.79. The number of carbonyl (C=O) groups excluding carboxylic acids is 1. The van der Waals surface area contributed by atoms with E-state index in [0.29, 0.717) is 12.2 Å². The largest absolute Gasteiger partial charge is 0.463 e. The van der Waals surface area contributed by atoms with Gasteiger partial charge in [-0.2, -0.15) is 0 Å². The van der Waals surface area contributed by atoms with Gasteiger partial charge in [0.25, 0.3) is 0 Å². The summed E-state index contributed by atoms with van der Waals surface area (Å²) in [5.74, 6) is -0.247. The van der Waals surface area contributed by atoms with Crippen LogP contribution in [0, 0.1) is 0 Å². The Morgan fingerprint density at radius 1 is 1.82 bits per heavy atom. The van der Waals surface area contributed by atoms with E-state index in [1.807, 2.05) is 0 Å². The zero-order valence-corrected chi connectivity index (χ0v) is 6.79. The van der Waals surface area contributed by atoms with E-state index in [-0.39, 0.29) is 12.1 Å². The molecule has 0 aromatic rings. The Labute approximate surface area is 66.0 Å². The van der Waals surface area contributed by atoms with Gasteiger partial charge in [-0.05, 0) is 19.9 Å². The molecule has 0 aromatic heterocycles. The van der Waals surface area contributed by atoms with E-state index in [2.05, 4.69) is 0 Å². The number of rotatable bonds is 3. The van der Waals surface area contributed by atoms with Gasteiger partial charge in [-0.3, -0.25) is 0 Å². The van der Waals surface area contributed by atoms with Crippen LogP contribution in [0.1, 0.15) is 13.8 Å². The standard InChI is InChI=1S/C8H12O3/c1-3-10-8(9)6(2)4-7-5-11-7/h4,7H,3,5H2,1-2H3/b6-4+. The van der Waals surface area contributed by atoms with E-state index < -0.39 is 0 Å². The Morgan fingerprint density at radius 3 is 2.91 bits per heavy atom. The Morgan fingerprint density at radius 2 is 2.45 bits per heavy atom. The first-order valence-electron chi connectivity index (χ1n) is 3.71. The van der Waals surface area contributed by atoms with Gasteiger partial charge in [0.05, 0.1) is 19.3 Å². The summed E-state index contributed by atoms with van der Waals surface area (Å²) in [6, 6.07) is 0. The molecule has 1 heterocycles. The maximum Gasteiger partial charge on any atom is 0.333 e. The molecule has 0 amide bonds. The molecule has 0 spiro atoms. The molecule has 62 valence electrons. The Balaban J connectivity index is 2.37. The van der Waals surface area contributed by atoms with Crippen molar-refractivity contribution in [3.63, 3.8) is 0 Å². The van der Waals surface area contributed by atoms with E-state index in [1.165, 1.54) is 0 Å². The molecular weight excluding hydrogens is 144 g/mol. The fourth-order valence-electron chi connectivity index (χ4n) is 0.744. The van der Waals surface area contributed by atoms with Gasteiger partial charge < -0.3 is 9.47 Å². The molecule has 3 nitrogen and oxygen atoms in total. The Bertz CT molecular complexity index is 180. The third kappa shape index (κ3) is 2.72. The average Bonchev–Trinajstić information content (AvgIpc) is 2.72. The number of carbonyl (C=O) groups is 1. The van der Waals surface area contributed by atoms with Crippen molar-refractivity contribution in [1.29, 1.82) is 0 Å². The topological polar surface area (TPSA) is 38.8 Å². The van der Waals surface area contributed by atoms with Crippen LogP contribution in [0.5, 0.6) is 0 Å². The summed E-state index contributed by atoms with van der Waals surface area (Å²) in [7, 11) is 0. The van der Waals surface area contributed by atoms with E-state index in [9.17, 15) is 4.79 Å². The molecule has 0 radical (unpaired) electrons. The highest BCUT2D eigenvalue weighted by Gasteiger charge is 2.20. The lowest BCUT2D eigenvalue weighted by Gasteiger charge is -1.99. The van der Waals surface area contributed by atoms with Crippen molar-refractivity contribution in [1.82, 2.24) is 0 Å². The van der Waals surface area contributed by atoms with E-state index >= 15 is 0 Å². The quantitative estimate of drug-likeness (QED) is 0.346. The van der Waals surface area contributed by atoms with Gasteiger partial charge in [-0.25, -0.2) is 4.79 Å². The number of epoxide rings is 1. The van der Waals surface area contributed by atoms with Gasteiger partial charge in [0, 0.05) is 5.57 Å². The summed E-state index contributed by atoms with van der Waals surface area (Å²) in [5.41, 5.74) is 0.634. The summed E-state index contributed by atoms with van der Waals surface area (Å²) < 4.78 is 9.69. The normalized spacial score (nSPS) is 23.1. The smallest absolute Gasteiger partial charge is 0.333 e. The highest BCUT2D eigenvalue weighted by molar-refractivity contribution is 5.87. The van der Waals surface area contributed by atoms with Crippen LogP contribution < -0.4 is 0 Å². The number of hydrogen-bond donors (Lipinski definition) is 0. The van der Waals surface area contributed by atoms with Crippen molar-refractivity contribution in [2.75, 3.05) is 13.2 Å². The van der Waals surface area contributed by atoms with Crippen molar-refractivity contribution >= 4 is 5.97 Å². The van der Waals surface area contributed by atoms with E-state index in [4.69, 9.17) is 9.47 Å². The van der Waals surface area contributed by atoms with Gasteiger partial charge in [0.15, 0.2) is 0 Å². The predicted octanol–water partition coefficient (Wildman–Crippen LogP) is 0.895. The van der Waals surface area contributed by atoms with Crippen LogP contribution in [0.4, 0.5) is 0 Å². The first-order valence-corrected chi connectivity index (χ1v) is 3.71. The van der Waals surface area contributed by atoms with Crippen molar-refractivity contribution in [3.05, 3.63) is 11.6 Å². The summed E-state index contributed by atoms with van der Waals surface area (Å²) >= 11 is 0. The van der Waals surface area contributed by atoms with Crippen LogP contribution in [0.2, 0.25) is 0 Å². The molecule has 1 atom stereocenters. The van der Waals surface area contributed by atoms with Crippen molar-refractivity contribution in [2.24, 2.45) is 0 Å². The fourth-order valence-corrected chi connectivity index (χ4v) is 0.744. The molecule has 0 bridgehead atoms. The molecule has 1 unspecified atom stereocenters. The Hall–Kier alpha value is -0.830. The summed E-state index contributed by atoms with van der Waals surface area (Å²) in [6.45, 7) is 4.69. The zero-order chi connectivity index (χ0) is 8.27. The maximum atomic E-state index is 11.0. The molecule has 3 heteroatoms. The fraction of sp³-hybridized carbons (Fsp3) is 0.625. The molecule has 1 fully saturated rings. The second-order valence-corrected chi connectivity index (χ2v) is 2.44. The highest BCUT2D eigenvalue weighted by atomic mass is 16.6. The van der Waals surface area contributed by atoms with Crippen LogP contribution in [-0.2, 0) is 14.3 Å². The van der Waals surface area contributed by atoms with Crippen LogP contribution in [0.25, 0.3) is 0 Å². The van der Waals surface area contributed by atoms with Crippen LogP contribution in [0.3, 0.4) is 0 Å².